The van der Waals surface area contributed by atoms with E-state index in [2.05, 4.69) is 33.0 Å². The van der Waals surface area contributed by atoms with E-state index in [0.29, 0.717) is 18.1 Å². The SMILES string of the molecule is CN1CCCC(NC2CCCC2n2ccnc2)C1. The summed E-state index contributed by atoms with van der Waals surface area (Å²) < 4.78 is 2.29. The lowest BCUT2D eigenvalue weighted by molar-refractivity contribution is 0.207. The maximum absolute atomic E-state index is 4.19. The lowest BCUT2D eigenvalue weighted by atomic mass is 10.0. The van der Waals surface area contributed by atoms with Gasteiger partial charge in [-0.2, -0.15) is 0 Å². The molecule has 0 bridgehead atoms. The number of nitrogens with zero attached hydrogens (tertiary/aromatic N) is 3. The Hall–Kier alpha value is -0.870. The molecule has 0 spiro atoms. The highest BCUT2D eigenvalue weighted by molar-refractivity contribution is 4.94. The first-order valence-electron chi connectivity index (χ1n) is 7.25. The first-order chi connectivity index (χ1) is 8.83. The average Bonchev–Trinajstić information content (AvgIpc) is 2.98. The van der Waals surface area contributed by atoms with Crippen LogP contribution in [0.25, 0.3) is 0 Å². The Morgan fingerprint density at radius 1 is 1.22 bits per heavy atom. The van der Waals surface area contributed by atoms with E-state index in [4.69, 9.17) is 0 Å². The van der Waals surface area contributed by atoms with Crippen molar-refractivity contribution in [1.29, 1.82) is 0 Å². The number of likely N-dealkylation sites (N-methyl/N-ethyl adjacent to an activating group) is 1. The zero-order chi connectivity index (χ0) is 12.4. The maximum Gasteiger partial charge on any atom is 0.0949 e. The normalized spacial score (nSPS) is 33.9. The van der Waals surface area contributed by atoms with Crippen LogP contribution in [0.15, 0.2) is 18.7 Å². The molecule has 1 aliphatic carbocycles. The second-order valence-electron chi connectivity index (χ2n) is 5.88. The molecule has 2 fully saturated rings. The van der Waals surface area contributed by atoms with Gasteiger partial charge in [0.25, 0.3) is 0 Å². The second kappa shape index (κ2) is 5.41. The van der Waals surface area contributed by atoms with Gasteiger partial charge in [-0.1, -0.05) is 0 Å². The van der Waals surface area contributed by atoms with Crippen LogP contribution in [-0.4, -0.2) is 46.7 Å². The fourth-order valence-electron chi connectivity index (χ4n) is 3.56. The van der Waals surface area contributed by atoms with Crippen LogP contribution in [-0.2, 0) is 0 Å². The van der Waals surface area contributed by atoms with E-state index < -0.39 is 0 Å². The minimum Gasteiger partial charge on any atom is -0.333 e. The van der Waals surface area contributed by atoms with Gasteiger partial charge in [0.15, 0.2) is 0 Å². The van der Waals surface area contributed by atoms with Gasteiger partial charge >= 0.3 is 0 Å². The van der Waals surface area contributed by atoms with Gasteiger partial charge in [0.1, 0.15) is 0 Å². The Morgan fingerprint density at radius 3 is 2.94 bits per heavy atom. The van der Waals surface area contributed by atoms with Crippen molar-refractivity contribution in [2.24, 2.45) is 0 Å². The van der Waals surface area contributed by atoms with Gasteiger partial charge in [0.2, 0.25) is 0 Å². The molecule has 3 atom stereocenters. The van der Waals surface area contributed by atoms with Crippen LogP contribution in [0.5, 0.6) is 0 Å². The van der Waals surface area contributed by atoms with Crippen molar-refractivity contribution in [3.05, 3.63) is 18.7 Å². The van der Waals surface area contributed by atoms with Crippen molar-refractivity contribution in [3.8, 4) is 0 Å². The van der Waals surface area contributed by atoms with Gasteiger partial charge in [-0.15, -0.1) is 0 Å². The molecule has 0 radical (unpaired) electrons. The smallest absolute Gasteiger partial charge is 0.0949 e. The summed E-state index contributed by atoms with van der Waals surface area (Å²) in [6.07, 6.45) is 12.6. The van der Waals surface area contributed by atoms with Crippen LogP contribution in [0.2, 0.25) is 0 Å². The molecule has 3 rings (SSSR count). The van der Waals surface area contributed by atoms with E-state index in [-0.39, 0.29) is 0 Å². The van der Waals surface area contributed by atoms with Crippen molar-refractivity contribution in [3.63, 3.8) is 0 Å². The molecule has 0 aromatic carbocycles. The quantitative estimate of drug-likeness (QED) is 0.883. The Kier molecular flexibility index (Phi) is 3.66. The van der Waals surface area contributed by atoms with Crippen LogP contribution >= 0.6 is 0 Å². The molecule has 4 heteroatoms. The molecule has 4 nitrogen and oxygen atoms in total. The van der Waals surface area contributed by atoms with Gasteiger partial charge in [0, 0.05) is 37.1 Å². The highest BCUT2D eigenvalue weighted by atomic mass is 15.2. The molecule has 1 saturated heterocycles. The zero-order valence-electron chi connectivity index (χ0n) is 11.3. The lowest BCUT2D eigenvalue weighted by Crippen LogP contribution is -2.49. The first kappa shape index (κ1) is 12.2. The van der Waals surface area contributed by atoms with E-state index >= 15 is 0 Å². The molecule has 3 unspecified atom stereocenters. The molecule has 1 saturated carbocycles. The van der Waals surface area contributed by atoms with E-state index in [1.165, 1.54) is 45.2 Å². The minimum atomic E-state index is 0.611. The lowest BCUT2D eigenvalue weighted by Gasteiger charge is -2.34. The fourth-order valence-corrected chi connectivity index (χ4v) is 3.56. The van der Waals surface area contributed by atoms with Gasteiger partial charge in [0.05, 0.1) is 6.33 Å². The molecule has 2 aliphatic rings. The molecular formula is C14H24N4. The Bertz CT molecular complexity index is 362. The third kappa shape index (κ3) is 2.59. The van der Waals surface area contributed by atoms with Gasteiger partial charge in [-0.25, -0.2) is 4.98 Å². The van der Waals surface area contributed by atoms with Crippen LogP contribution in [0.3, 0.4) is 0 Å². The van der Waals surface area contributed by atoms with E-state index in [1.54, 1.807) is 0 Å². The van der Waals surface area contributed by atoms with E-state index in [1.807, 2.05) is 12.5 Å². The van der Waals surface area contributed by atoms with Crippen molar-refractivity contribution in [2.75, 3.05) is 20.1 Å². The topological polar surface area (TPSA) is 33.1 Å². The van der Waals surface area contributed by atoms with Gasteiger partial charge in [-0.3, -0.25) is 0 Å². The predicted molar refractivity (Wildman–Crippen MR) is 72.6 cm³/mol. The van der Waals surface area contributed by atoms with Gasteiger partial charge in [-0.05, 0) is 45.7 Å². The largest absolute Gasteiger partial charge is 0.333 e. The summed E-state index contributed by atoms with van der Waals surface area (Å²) in [5, 5.41) is 3.90. The highest BCUT2D eigenvalue weighted by Gasteiger charge is 2.30. The number of nitrogens with one attached hydrogen (secondary N) is 1. The summed E-state index contributed by atoms with van der Waals surface area (Å²) in [6.45, 7) is 2.46. The summed E-state index contributed by atoms with van der Waals surface area (Å²) in [5.74, 6) is 0. The molecule has 1 aliphatic heterocycles. The van der Waals surface area contributed by atoms with Gasteiger partial charge < -0.3 is 14.8 Å². The first-order valence-corrected chi connectivity index (χ1v) is 7.25. The standard InChI is InChI=1S/C14H24N4/c1-17-8-3-4-12(10-17)16-13-5-2-6-14(13)18-9-7-15-11-18/h7,9,11-14,16H,2-6,8,10H2,1H3. The number of likely N-dealkylation sites (tertiary alicyclic amines) is 1. The Labute approximate surface area is 109 Å². The Morgan fingerprint density at radius 2 is 2.17 bits per heavy atom. The summed E-state index contributed by atoms with van der Waals surface area (Å²) in [4.78, 5) is 6.63. The minimum absolute atomic E-state index is 0.611. The number of piperidine rings is 1. The fraction of sp³-hybridized carbons (Fsp3) is 0.786. The zero-order valence-corrected chi connectivity index (χ0v) is 11.3. The van der Waals surface area contributed by atoms with Crippen molar-refractivity contribution in [2.45, 2.75) is 50.2 Å². The molecule has 1 N–H and O–H groups in total. The molecule has 1 aromatic heterocycles. The second-order valence-corrected chi connectivity index (χ2v) is 5.88. The maximum atomic E-state index is 4.19. The van der Waals surface area contributed by atoms with E-state index in [0.717, 1.165) is 0 Å². The third-order valence-corrected chi connectivity index (χ3v) is 4.46. The summed E-state index contributed by atoms with van der Waals surface area (Å²) >= 11 is 0. The average molecular weight is 248 g/mol. The van der Waals surface area contributed by atoms with Crippen LogP contribution < -0.4 is 5.32 Å². The molecule has 0 amide bonds. The monoisotopic (exact) mass is 248 g/mol. The van der Waals surface area contributed by atoms with Crippen molar-refractivity contribution in [1.82, 2.24) is 19.8 Å². The number of imidazole rings is 1. The molecule has 1 aromatic rings. The van der Waals surface area contributed by atoms with Crippen LogP contribution in [0, 0.1) is 0 Å². The summed E-state index contributed by atoms with van der Waals surface area (Å²) in [7, 11) is 2.23. The van der Waals surface area contributed by atoms with Crippen molar-refractivity contribution >= 4 is 0 Å². The number of aromatic nitrogens is 2. The number of hydrogen-bond acceptors (Lipinski definition) is 3. The molecule has 18 heavy (non-hydrogen) atoms. The van der Waals surface area contributed by atoms with Crippen LogP contribution in [0.1, 0.15) is 38.1 Å². The van der Waals surface area contributed by atoms with E-state index in [9.17, 15) is 0 Å². The third-order valence-electron chi connectivity index (χ3n) is 4.46. The summed E-state index contributed by atoms with van der Waals surface area (Å²) in [6, 6.07) is 1.92. The Balaban J connectivity index is 1.61. The molecular weight excluding hydrogens is 224 g/mol. The molecule has 100 valence electrons. The number of hydrogen-bond donors (Lipinski definition) is 1. The molecule has 2 heterocycles. The predicted octanol–water partition coefficient (Wildman–Crippen LogP) is 1.66. The van der Waals surface area contributed by atoms with Crippen LogP contribution in [0.4, 0.5) is 0 Å². The summed E-state index contributed by atoms with van der Waals surface area (Å²) in [5.41, 5.74) is 0. The van der Waals surface area contributed by atoms with Crippen molar-refractivity contribution < 1.29 is 0 Å². The number of rotatable bonds is 3. The highest BCUT2D eigenvalue weighted by Crippen LogP contribution is 2.30.